The van der Waals surface area contributed by atoms with Crippen LogP contribution in [0.5, 0.6) is 0 Å². The van der Waals surface area contributed by atoms with Gasteiger partial charge in [0, 0.05) is 74.1 Å². The molecule has 0 atom stereocenters. The van der Waals surface area contributed by atoms with Gasteiger partial charge in [0.15, 0.2) is 0 Å². The van der Waals surface area contributed by atoms with E-state index in [1.807, 2.05) is 22.7 Å². The van der Waals surface area contributed by atoms with Crippen molar-refractivity contribution in [2.24, 2.45) is 0 Å². The summed E-state index contributed by atoms with van der Waals surface area (Å²) in [5.41, 5.74) is 23.3. The lowest BCUT2D eigenvalue weighted by molar-refractivity contribution is 1.28. The maximum absolute atomic E-state index is 2.47. The molecule has 0 aliphatic rings. The predicted octanol–water partition coefficient (Wildman–Crippen LogP) is 28.5. The number of para-hydroxylation sites is 3. The van der Waals surface area contributed by atoms with Crippen molar-refractivity contribution in [3.8, 4) is 77.9 Å². The Morgan fingerprint density at radius 1 is 0.170 bits per heavy atom. The molecule has 2 aromatic heterocycles. The second kappa shape index (κ2) is 24.9. The SMILES string of the molecule is c1ccc(-c2ccccc2N(c2ccc(-c3cccc4ccccc34)cc2)c2ccccc2-c2cccc3sc4cc(-c5ccc6c(-c7ccc(N(c8ccc(-c9cccc%10ccccc9%10)cc8)c8ccccc8-c8cccc9sc%10ccccc%10c89)cc7)cccc6c5)ccc4c23)cc1. The van der Waals surface area contributed by atoms with Gasteiger partial charge in [-0.15, -0.1) is 22.7 Å². The molecule has 0 unspecified atom stereocenters. The van der Waals surface area contributed by atoms with E-state index in [2.05, 4.69) is 386 Å². The summed E-state index contributed by atoms with van der Waals surface area (Å²) in [6, 6.07) is 139. The van der Waals surface area contributed by atoms with Gasteiger partial charge in [0.05, 0.1) is 17.1 Å². The highest BCUT2D eigenvalue weighted by Crippen LogP contribution is 2.51. The van der Waals surface area contributed by atoms with E-state index in [9.17, 15) is 0 Å². The smallest absolute Gasteiger partial charge is 0.0540 e. The molecule has 4 heteroatoms. The fourth-order valence-electron chi connectivity index (χ4n) is 15.4. The number of anilines is 6. The summed E-state index contributed by atoms with van der Waals surface area (Å²) < 4.78 is 5.11. The minimum atomic E-state index is 1.08. The zero-order valence-corrected chi connectivity index (χ0v) is 56.1. The number of nitrogens with zero attached hydrogens (tertiary/aromatic N) is 2. The Hall–Kier alpha value is -12.4. The Balaban J connectivity index is 0.670. The molecule has 0 saturated heterocycles. The molecule has 0 N–H and O–H groups in total. The molecule has 0 saturated carbocycles. The quantitative estimate of drug-likeness (QED) is 0.114. The lowest BCUT2D eigenvalue weighted by Gasteiger charge is -2.30. The minimum absolute atomic E-state index is 1.08. The van der Waals surface area contributed by atoms with Crippen LogP contribution in [0.2, 0.25) is 0 Å². The molecule has 468 valence electrons. The minimum Gasteiger partial charge on any atom is -0.310 e. The van der Waals surface area contributed by atoms with Gasteiger partial charge in [0.25, 0.3) is 0 Å². The summed E-state index contributed by atoms with van der Waals surface area (Å²) in [6.45, 7) is 0. The van der Waals surface area contributed by atoms with Crippen LogP contribution in [0.4, 0.5) is 34.1 Å². The molecule has 0 amide bonds. The first kappa shape index (κ1) is 58.9. The molecular weight excluding hydrogens is 1250 g/mol. The Bertz CT molecular complexity index is 6330. The van der Waals surface area contributed by atoms with Crippen molar-refractivity contribution >= 4 is 129 Å². The third kappa shape index (κ3) is 10.3. The molecule has 0 fully saturated rings. The molecule has 19 aromatic rings. The Morgan fingerprint density at radius 3 is 1.06 bits per heavy atom. The zero-order chi connectivity index (χ0) is 66.0. The second-order valence-electron chi connectivity index (χ2n) is 25.8. The fourth-order valence-corrected chi connectivity index (χ4v) is 17.7. The summed E-state index contributed by atoms with van der Waals surface area (Å²) in [6.07, 6.45) is 0. The van der Waals surface area contributed by atoms with Gasteiger partial charge in [-0.25, -0.2) is 0 Å². The molecular formula is C96H62N2S2. The molecule has 17 aromatic carbocycles. The van der Waals surface area contributed by atoms with Crippen molar-refractivity contribution in [1.29, 1.82) is 0 Å². The number of hydrogen-bond acceptors (Lipinski definition) is 4. The van der Waals surface area contributed by atoms with Crippen molar-refractivity contribution in [2.45, 2.75) is 0 Å². The van der Waals surface area contributed by atoms with Crippen LogP contribution in [0.15, 0.2) is 376 Å². The van der Waals surface area contributed by atoms with E-state index in [0.717, 1.165) is 39.7 Å². The van der Waals surface area contributed by atoms with Gasteiger partial charge in [-0.1, -0.05) is 291 Å². The highest BCUT2D eigenvalue weighted by molar-refractivity contribution is 7.26. The van der Waals surface area contributed by atoms with Crippen molar-refractivity contribution < 1.29 is 0 Å². The highest BCUT2D eigenvalue weighted by atomic mass is 32.1. The van der Waals surface area contributed by atoms with Gasteiger partial charge in [-0.05, 0) is 178 Å². The Kier molecular flexibility index (Phi) is 14.7. The number of hydrogen-bond donors (Lipinski definition) is 0. The van der Waals surface area contributed by atoms with Gasteiger partial charge in [0.1, 0.15) is 0 Å². The first-order valence-electron chi connectivity index (χ1n) is 34.2. The van der Waals surface area contributed by atoms with Crippen LogP contribution in [0.3, 0.4) is 0 Å². The monoisotopic (exact) mass is 1310 g/mol. The van der Waals surface area contributed by atoms with Crippen LogP contribution in [0, 0.1) is 0 Å². The van der Waals surface area contributed by atoms with Crippen LogP contribution >= 0.6 is 22.7 Å². The molecule has 2 heterocycles. The van der Waals surface area contributed by atoms with Crippen molar-refractivity contribution in [3.63, 3.8) is 0 Å². The molecule has 0 aliphatic carbocycles. The number of benzene rings is 17. The maximum Gasteiger partial charge on any atom is 0.0540 e. The van der Waals surface area contributed by atoms with Gasteiger partial charge < -0.3 is 9.80 Å². The first-order valence-corrected chi connectivity index (χ1v) is 35.8. The normalized spacial score (nSPS) is 11.6. The zero-order valence-electron chi connectivity index (χ0n) is 54.5. The molecule has 19 rings (SSSR count). The second-order valence-corrected chi connectivity index (χ2v) is 28.0. The molecule has 0 radical (unpaired) electrons. The molecule has 2 nitrogen and oxygen atoms in total. The largest absolute Gasteiger partial charge is 0.310 e. The average Bonchev–Trinajstić information content (AvgIpc) is 1.46. The summed E-state index contributed by atoms with van der Waals surface area (Å²) in [5.74, 6) is 0. The molecule has 0 spiro atoms. The average molecular weight is 1310 g/mol. The number of fused-ring (bicyclic) bond motifs is 9. The van der Waals surface area contributed by atoms with E-state index in [4.69, 9.17) is 0 Å². The molecule has 0 bridgehead atoms. The lowest BCUT2D eigenvalue weighted by Crippen LogP contribution is -2.12. The number of rotatable bonds is 13. The summed E-state index contributed by atoms with van der Waals surface area (Å²) in [7, 11) is 0. The van der Waals surface area contributed by atoms with E-state index in [-0.39, 0.29) is 0 Å². The van der Waals surface area contributed by atoms with E-state index in [1.54, 1.807) is 0 Å². The van der Waals surface area contributed by atoms with E-state index in [0.29, 0.717) is 0 Å². The van der Waals surface area contributed by atoms with E-state index >= 15 is 0 Å². The van der Waals surface area contributed by atoms with Crippen molar-refractivity contribution in [2.75, 3.05) is 9.80 Å². The number of thiophene rings is 2. The Labute approximate surface area is 589 Å². The maximum atomic E-state index is 2.47. The summed E-state index contributed by atoms with van der Waals surface area (Å²) >= 11 is 3.74. The van der Waals surface area contributed by atoms with Gasteiger partial charge >= 0.3 is 0 Å². The summed E-state index contributed by atoms with van der Waals surface area (Å²) in [5, 5.41) is 12.5. The van der Waals surface area contributed by atoms with Gasteiger partial charge in [0.2, 0.25) is 0 Å². The summed E-state index contributed by atoms with van der Waals surface area (Å²) in [4.78, 5) is 4.91. The Morgan fingerprint density at radius 2 is 0.500 bits per heavy atom. The lowest BCUT2D eigenvalue weighted by atomic mass is 9.93. The third-order valence-electron chi connectivity index (χ3n) is 20.1. The van der Waals surface area contributed by atoms with Crippen LogP contribution in [-0.2, 0) is 0 Å². The van der Waals surface area contributed by atoms with Gasteiger partial charge in [-0.2, -0.15) is 0 Å². The van der Waals surface area contributed by atoms with E-state index in [1.165, 1.54) is 145 Å². The molecule has 100 heavy (non-hydrogen) atoms. The third-order valence-corrected chi connectivity index (χ3v) is 22.4. The van der Waals surface area contributed by atoms with Crippen molar-refractivity contribution in [3.05, 3.63) is 376 Å². The van der Waals surface area contributed by atoms with Crippen LogP contribution in [0.1, 0.15) is 0 Å². The topological polar surface area (TPSA) is 6.48 Å². The van der Waals surface area contributed by atoms with Crippen molar-refractivity contribution in [1.82, 2.24) is 0 Å². The predicted molar refractivity (Wildman–Crippen MR) is 432 cm³/mol. The first-order chi connectivity index (χ1) is 49.6. The van der Waals surface area contributed by atoms with Gasteiger partial charge in [-0.3, -0.25) is 0 Å². The van der Waals surface area contributed by atoms with Crippen LogP contribution in [-0.4, -0.2) is 0 Å². The molecule has 0 aliphatic heterocycles. The highest BCUT2D eigenvalue weighted by Gasteiger charge is 2.25. The standard InChI is InChI=1S/C96H62N2S2/c1-2-21-65(22-3-1)81-30-8-12-39-88(81)98(74-57-49-67(50-58-74)78-35-17-26-64-24-5-7-29-76(64)78)90-41-14-10-32-83(90)85-38-20-44-93-96(85)87-60-52-70(62-94(87)100-93)69-51-59-80-71(61-69)27-18-36-79(80)68-47-55-73(56-48-68)97(72-53-45-66(46-54-72)77-34-16-25-63-23-4-6-28-75(63)77)89-40-13-9-31-82(89)84-37-19-43-92-95(84)86-33-11-15-42-91(86)99-92/h1-62H. The van der Waals surface area contributed by atoms with Crippen LogP contribution < -0.4 is 9.80 Å². The van der Waals surface area contributed by atoms with E-state index < -0.39 is 0 Å². The fraction of sp³-hybridized carbons (Fsp3) is 0. The van der Waals surface area contributed by atoms with Crippen LogP contribution in [0.25, 0.3) is 151 Å².